The maximum atomic E-state index is 13.2. The minimum Gasteiger partial charge on any atom is -0.462 e. The van der Waals surface area contributed by atoms with Gasteiger partial charge in [-0.3, -0.25) is 37.3 Å². The second-order valence-electron chi connectivity index (χ2n) is 31.2. The zero-order valence-electron chi connectivity index (χ0n) is 68.9. The summed E-state index contributed by atoms with van der Waals surface area (Å²) in [6.45, 7) is 7.39. The zero-order chi connectivity index (χ0) is 76.9. The van der Waals surface area contributed by atoms with Crippen LogP contribution >= 0.6 is 15.6 Å². The molecule has 0 aromatic heterocycles. The van der Waals surface area contributed by atoms with Gasteiger partial charge < -0.3 is 33.8 Å². The van der Waals surface area contributed by atoms with Gasteiger partial charge >= 0.3 is 39.5 Å². The van der Waals surface area contributed by atoms with Gasteiger partial charge in [0.1, 0.15) is 19.3 Å². The van der Waals surface area contributed by atoms with Crippen molar-refractivity contribution in [2.24, 2.45) is 5.92 Å². The number of carbonyl (C=O) groups is 4. The van der Waals surface area contributed by atoms with Crippen molar-refractivity contribution in [3.63, 3.8) is 0 Å². The van der Waals surface area contributed by atoms with E-state index in [0.717, 1.165) is 95.8 Å². The summed E-state index contributed by atoms with van der Waals surface area (Å²) in [6.07, 6.45) is 72.1. The van der Waals surface area contributed by atoms with Crippen molar-refractivity contribution < 1.29 is 80.2 Å². The van der Waals surface area contributed by atoms with Crippen molar-refractivity contribution in [3.8, 4) is 0 Å². The van der Waals surface area contributed by atoms with Crippen LogP contribution in [0.15, 0.2) is 0 Å². The van der Waals surface area contributed by atoms with Gasteiger partial charge in [-0.05, 0) is 31.6 Å². The molecule has 0 amide bonds. The molecule has 6 atom stereocenters. The molecule has 0 rings (SSSR count). The molecule has 0 heterocycles. The first-order valence-electron chi connectivity index (χ1n) is 44.7. The van der Waals surface area contributed by atoms with Gasteiger partial charge in [0.2, 0.25) is 0 Å². The quantitative estimate of drug-likeness (QED) is 0.0222. The highest BCUT2D eigenvalue weighted by Gasteiger charge is 2.30. The third-order valence-electron chi connectivity index (χ3n) is 20.6. The van der Waals surface area contributed by atoms with Gasteiger partial charge in [0.25, 0.3) is 0 Å². The average molecular weight is 1540 g/mol. The molecule has 0 spiro atoms. The minimum absolute atomic E-state index is 0.107. The molecule has 17 nitrogen and oxygen atoms in total. The summed E-state index contributed by atoms with van der Waals surface area (Å²) in [5.41, 5.74) is 0. The van der Waals surface area contributed by atoms with Crippen LogP contribution in [0.2, 0.25) is 0 Å². The summed E-state index contributed by atoms with van der Waals surface area (Å²) in [6, 6.07) is 0. The third-order valence-corrected chi connectivity index (χ3v) is 22.5. The van der Waals surface area contributed by atoms with Crippen molar-refractivity contribution in [2.45, 2.75) is 483 Å². The minimum atomic E-state index is -4.97. The molecule has 624 valence electrons. The molecule has 19 heteroatoms. The number of phosphoric acid groups is 2. The molecule has 0 radical (unpaired) electrons. The predicted molar refractivity (Wildman–Crippen MR) is 432 cm³/mol. The van der Waals surface area contributed by atoms with E-state index in [0.29, 0.717) is 25.7 Å². The standard InChI is InChI=1S/C86H168O17P2/c1-6-10-13-16-19-22-25-28-30-32-34-35-37-39-42-45-51-56-61-66-71-85(90)102-81(75-97-84(89)70-65-60-55-50-44-41-38-36-33-31-29-26-23-20-17-14-11-7-2)77-100-104(92,93)98-73-80(87)74-99-105(94,95)101-78-82(76-96-83(88)69-64-59-54-49-43-40-27-24-21-18-15-12-8-3)103-86(91)72-67-62-57-52-47-46-48-53-58-63-68-79(5)9-4/h79-82,87H,6-78H2,1-5H3,(H,92,93)(H,94,95)/t79?,80-,81-,82-/m1/s1. The smallest absolute Gasteiger partial charge is 0.462 e. The first kappa shape index (κ1) is 103. The van der Waals surface area contributed by atoms with Gasteiger partial charge in [-0.2, -0.15) is 0 Å². The fourth-order valence-electron chi connectivity index (χ4n) is 13.4. The molecular weight excluding hydrogens is 1370 g/mol. The Bertz CT molecular complexity index is 2000. The molecule has 0 aliphatic carbocycles. The van der Waals surface area contributed by atoms with Crippen LogP contribution in [-0.2, 0) is 65.4 Å². The number of hydrogen-bond acceptors (Lipinski definition) is 15. The second kappa shape index (κ2) is 78.7. The fourth-order valence-corrected chi connectivity index (χ4v) is 15.0. The maximum Gasteiger partial charge on any atom is 0.472 e. The highest BCUT2D eigenvalue weighted by atomic mass is 31.2. The van der Waals surface area contributed by atoms with E-state index in [1.54, 1.807) is 0 Å². The van der Waals surface area contributed by atoms with Crippen molar-refractivity contribution in [1.82, 2.24) is 0 Å². The van der Waals surface area contributed by atoms with E-state index >= 15 is 0 Å². The SMILES string of the molecule is CCCCCCCCCCCCCCCCCCCCCCC(=O)O[C@H](COC(=O)CCCCCCCCCCCCCCCCCCCC)COP(=O)(O)OC[C@@H](O)COP(=O)(O)OC[C@@H](COC(=O)CCCCCCCCCCCCCCC)OC(=O)CCCCCCCCCCCCC(C)CC. The van der Waals surface area contributed by atoms with Crippen molar-refractivity contribution in [1.29, 1.82) is 0 Å². The predicted octanol–water partition coefficient (Wildman–Crippen LogP) is 26.4. The number of esters is 4. The summed E-state index contributed by atoms with van der Waals surface area (Å²) in [5, 5.41) is 10.7. The molecular formula is C86H168O17P2. The van der Waals surface area contributed by atoms with Crippen LogP contribution in [0, 0.1) is 5.92 Å². The van der Waals surface area contributed by atoms with Crippen LogP contribution < -0.4 is 0 Å². The van der Waals surface area contributed by atoms with Crippen LogP contribution in [0.4, 0.5) is 0 Å². The number of unbranched alkanes of at least 4 members (excludes halogenated alkanes) is 57. The number of hydrogen-bond donors (Lipinski definition) is 3. The molecule has 0 aliphatic heterocycles. The molecule has 3 unspecified atom stereocenters. The lowest BCUT2D eigenvalue weighted by molar-refractivity contribution is -0.161. The molecule has 0 saturated carbocycles. The van der Waals surface area contributed by atoms with Gasteiger partial charge in [-0.25, -0.2) is 9.13 Å². The normalized spacial score (nSPS) is 14.0. The topological polar surface area (TPSA) is 237 Å². The van der Waals surface area contributed by atoms with E-state index in [9.17, 15) is 43.2 Å². The van der Waals surface area contributed by atoms with Gasteiger partial charge in [-0.1, -0.05) is 413 Å². The Kier molecular flexibility index (Phi) is 77.3. The molecule has 105 heavy (non-hydrogen) atoms. The molecule has 3 N–H and O–H groups in total. The van der Waals surface area contributed by atoms with Crippen LogP contribution in [0.3, 0.4) is 0 Å². The Morgan fingerprint density at radius 3 is 0.676 bits per heavy atom. The van der Waals surface area contributed by atoms with E-state index in [1.165, 1.54) is 289 Å². The van der Waals surface area contributed by atoms with E-state index in [1.807, 2.05) is 0 Å². The summed E-state index contributed by atoms with van der Waals surface area (Å²) in [7, 11) is -9.93. The first-order valence-corrected chi connectivity index (χ1v) is 47.7. The summed E-state index contributed by atoms with van der Waals surface area (Å²) in [4.78, 5) is 73.3. The third kappa shape index (κ3) is 78.5. The lowest BCUT2D eigenvalue weighted by Crippen LogP contribution is -2.30. The second-order valence-corrected chi connectivity index (χ2v) is 34.1. The Balaban J connectivity index is 5.26. The fraction of sp³-hybridized carbons (Fsp3) is 0.953. The zero-order valence-corrected chi connectivity index (χ0v) is 70.7. The Morgan fingerprint density at radius 1 is 0.267 bits per heavy atom. The maximum absolute atomic E-state index is 13.2. The lowest BCUT2D eigenvalue weighted by Gasteiger charge is -2.21. The Labute approximate surface area is 645 Å². The summed E-state index contributed by atoms with van der Waals surface area (Å²) < 4.78 is 68.9. The molecule has 0 aromatic carbocycles. The van der Waals surface area contributed by atoms with E-state index in [2.05, 4.69) is 34.6 Å². The molecule has 0 aromatic rings. The van der Waals surface area contributed by atoms with Crippen LogP contribution in [0.1, 0.15) is 465 Å². The largest absolute Gasteiger partial charge is 0.472 e. The van der Waals surface area contributed by atoms with Gasteiger partial charge in [0.05, 0.1) is 26.4 Å². The Morgan fingerprint density at radius 2 is 0.457 bits per heavy atom. The van der Waals surface area contributed by atoms with Crippen LogP contribution in [0.25, 0.3) is 0 Å². The average Bonchev–Trinajstić information content (AvgIpc) is 0.911. The number of phosphoric ester groups is 2. The number of aliphatic hydroxyl groups is 1. The van der Waals surface area contributed by atoms with E-state index in [4.69, 9.17) is 37.0 Å². The Hall–Kier alpha value is -1.94. The summed E-state index contributed by atoms with van der Waals surface area (Å²) >= 11 is 0. The van der Waals surface area contributed by atoms with E-state index in [-0.39, 0.29) is 25.7 Å². The molecule has 0 aliphatic rings. The molecule has 0 saturated heterocycles. The lowest BCUT2D eigenvalue weighted by atomic mass is 9.99. The van der Waals surface area contributed by atoms with Crippen LogP contribution in [-0.4, -0.2) is 96.7 Å². The van der Waals surface area contributed by atoms with E-state index < -0.39 is 97.5 Å². The van der Waals surface area contributed by atoms with Gasteiger partial charge in [0, 0.05) is 25.7 Å². The molecule has 0 fully saturated rings. The van der Waals surface area contributed by atoms with Gasteiger partial charge in [-0.15, -0.1) is 0 Å². The van der Waals surface area contributed by atoms with Crippen molar-refractivity contribution >= 4 is 39.5 Å². The summed E-state index contributed by atoms with van der Waals surface area (Å²) in [5.74, 6) is -1.30. The molecule has 0 bridgehead atoms. The number of carbonyl (C=O) groups excluding carboxylic acids is 4. The highest BCUT2D eigenvalue weighted by Crippen LogP contribution is 2.45. The number of ether oxygens (including phenoxy) is 4. The monoisotopic (exact) mass is 1540 g/mol. The highest BCUT2D eigenvalue weighted by molar-refractivity contribution is 7.47. The number of aliphatic hydroxyl groups excluding tert-OH is 1. The number of rotatable bonds is 86. The first-order chi connectivity index (χ1) is 51.1. The van der Waals surface area contributed by atoms with Gasteiger partial charge in [0.15, 0.2) is 12.2 Å². The van der Waals surface area contributed by atoms with Crippen LogP contribution in [0.5, 0.6) is 0 Å². The van der Waals surface area contributed by atoms with Crippen molar-refractivity contribution in [3.05, 3.63) is 0 Å². The van der Waals surface area contributed by atoms with Crippen molar-refractivity contribution in [2.75, 3.05) is 39.6 Å².